The van der Waals surface area contributed by atoms with Gasteiger partial charge in [0.2, 0.25) is 0 Å². The van der Waals surface area contributed by atoms with Crippen LogP contribution in [0.4, 0.5) is 5.69 Å². The Labute approximate surface area is 129 Å². The van der Waals surface area contributed by atoms with Gasteiger partial charge in [0.25, 0.3) is 0 Å². The van der Waals surface area contributed by atoms with Crippen molar-refractivity contribution in [2.24, 2.45) is 5.41 Å². The van der Waals surface area contributed by atoms with Gasteiger partial charge >= 0.3 is 0 Å². The first kappa shape index (κ1) is 16.3. The molecule has 0 radical (unpaired) electrons. The van der Waals surface area contributed by atoms with Gasteiger partial charge in [-0.1, -0.05) is 25.1 Å². The fourth-order valence-corrected chi connectivity index (χ4v) is 3.31. The SMILES string of the molecule is CCCNCC1(CN(C)c2ccccc2C)CCOCC1. The van der Waals surface area contributed by atoms with Gasteiger partial charge in [-0.05, 0) is 44.4 Å². The summed E-state index contributed by atoms with van der Waals surface area (Å²) in [7, 11) is 2.22. The van der Waals surface area contributed by atoms with Crippen LogP contribution in [0.15, 0.2) is 24.3 Å². The van der Waals surface area contributed by atoms with Gasteiger partial charge in [0.1, 0.15) is 0 Å². The van der Waals surface area contributed by atoms with E-state index in [9.17, 15) is 0 Å². The van der Waals surface area contributed by atoms with Crippen molar-refractivity contribution in [1.29, 1.82) is 0 Å². The summed E-state index contributed by atoms with van der Waals surface area (Å²) in [6, 6.07) is 8.66. The topological polar surface area (TPSA) is 24.5 Å². The second-order valence-electron chi connectivity index (χ2n) is 6.43. The smallest absolute Gasteiger partial charge is 0.0472 e. The first-order valence-electron chi connectivity index (χ1n) is 8.22. The van der Waals surface area contributed by atoms with Gasteiger partial charge in [0.05, 0.1) is 0 Å². The van der Waals surface area contributed by atoms with Gasteiger partial charge in [-0.2, -0.15) is 0 Å². The number of hydrogen-bond donors (Lipinski definition) is 1. The van der Waals surface area contributed by atoms with E-state index in [2.05, 4.69) is 55.4 Å². The highest BCUT2D eigenvalue weighted by Crippen LogP contribution is 2.32. The Balaban J connectivity index is 2.05. The van der Waals surface area contributed by atoms with Gasteiger partial charge in [-0.25, -0.2) is 0 Å². The van der Waals surface area contributed by atoms with E-state index in [4.69, 9.17) is 4.74 Å². The van der Waals surface area contributed by atoms with Crippen molar-refractivity contribution in [2.75, 3.05) is 44.8 Å². The maximum atomic E-state index is 5.60. The molecule has 0 unspecified atom stereocenters. The molecule has 0 saturated carbocycles. The molecule has 0 spiro atoms. The Morgan fingerprint density at radius 1 is 1.24 bits per heavy atom. The lowest BCUT2D eigenvalue weighted by molar-refractivity contribution is 0.0189. The zero-order valence-electron chi connectivity index (χ0n) is 13.8. The molecule has 1 aliphatic heterocycles. The van der Waals surface area contributed by atoms with Crippen LogP contribution in [0.25, 0.3) is 0 Å². The average molecular weight is 290 g/mol. The number of nitrogens with zero attached hydrogens (tertiary/aromatic N) is 1. The fraction of sp³-hybridized carbons (Fsp3) is 0.667. The van der Waals surface area contributed by atoms with Crippen LogP contribution in [-0.2, 0) is 4.74 Å². The number of nitrogens with one attached hydrogen (secondary N) is 1. The summed E-state index contributed by atoms with van der Waals surface area (Å²) in [5, 5.41) is 3.63. The summed E-state index contributed by atoms with van der Waals surface area (Å²) in [5.74, 6) is 0. The van der Waals surface area contributed by atoms with E-state index in [1.807, 2.05) is 0 Å². The fourth-order valence-electron chi connectivity index (χ4n) is 3.31. The van der Waals surface area contributed by atoms with Crippen molar-refractivity contribution >= 4 is 5.69 Å². The van der Waals surface area contributed by atoms with Gasteiger partial charge in [0, 0.05) is 44.5 Å². The molecular formula is C18H30N2O. The first-order valence-corrected chi connectivity index (χ1v) is 8.22. The van der Waals surface area contributed by atoms with Crippen LogP contribution in [0, 0.1) is 12.3 Å². The van der Waals surface area contributed by atoms with Crippen LogP contribution in [0.3, 0.4) is 0 Å². The molecule has 0 bridgehead atoms. The van der Waals surface area contributed by atoms with E-state index in [-0.39, 0.29) is 0 Å². The lowest BCUT2D eigenvalue weighted by Gasteiger charge is -2.41. The quantitative estimate of drug-likeness (QED) is 0.780. The Morgan fingerprint density at radius 3 is 2.62 bits per heavy atom. The molecule has 21 heavy (non-hydrogen) atoms. The molecule has 1 N–H and O–H groups in total. The lowest BCUT2D eigenvalue weighted by atomic mass is 9.79. The summed E-state index contributed by atoms with van der Waals surface area (Å²) in [5.41, 5.74) is 3.03. The van der Waals surface area contributed by atoms with E-state index >= 15 is 0 Å². The highest BCUT2D eigenvalue weighted by molar-refractivity contribution is 5.52. The van der Waals surface area contributed by atoms with Crippen LogP contribution in [0.2, 0.25) is 0 Å². The molecule has 0 atom stereocenters. The second-order valence-corrected chi connectivity index (χ2v) is 6.43. The first-order chi connectivity index (χ1) is 10.2. The summed E-state index contributed by atoms with van der Waals surface area (Å²) in [4.78, 5) is 2.42. The Hall–Kier alpha value is -1.06. The number of aryl methyl sites for hydroxylation is 1. The highest BCUT2D eigenvalue weighted by atomic mass is 16.5. The summed E-state index contributed by atoms with van der Waals surface area (Å²) >= 11 is 0. The third kappa shape index (κ3) is 4.45. The largest absolute Gasteiger partial charge is 0.381 e. The Kier molecular flexibility index (Phi) is 6.07. The zero-order valence-corrected chi connectivity index (χ0v) is 13.8. The van der Waals surface area contributed by atoms with Crippen LogP contribution in [-0.4, -0.2) is 39.9 Å². The van der Waals surface area contributed by atoms with E-state index in [1.165, 1.54) is 17.7 Å². The predicted octanol–water partition coefficient (Wildman–Crippen LogP) is 3.23. The summed E-state index contributed by atoms with van der Waals surface area (Å²) < 4.78 is 5.60. The number of anilines is 1. The van der Waals surface area contributed by atoms with Gasteiger partial charge < -0.3 is 15.0 Å². The molecule has 118 valence electrons. The van der Waals surface area contributed by atoms with Gasteiger partial charge in [-0.15, -0.1) is 0 Å². The molecule has 0 aliphatic carbocycles. The number of benzene rings is 1. The predicted molar refractivity (Wildman–Crippen MR) is 90.1 cm³/mol. The molecule has 0 aromatic heterocycles. The normalized spacial score (nSPS) is 17.7. The van der Waals surface area contributed by atoms with Crippen LogP contribution in [0.1, 0.15) is 31.7 Å². The monoisotopic (exact) mass is 290 g/mol. The van der Waals surface area contributed by atoms with E-state index in [0.29, 0.717) is 5.41 Å². The molecule has 1 aliphatic rings. The van der Waals surface area contributed by atoms with Crippen molar-refractivity contribution in [1.82, 2.24) is 5.32 Å². The minimum atomic E-state index is 0.338. The van der Waals surface area contributed by atoms with Crippen molar-refractivity contribution in [3.8, 4) is 0 Å². The van der Waals surface area contributed by atoms with Crippen molar-refractivity contribution in [3.63, 3.8) is 0 Å². The maximum absolute atomic E-state index is 5.60. The number of ether oxygens (including phenoxy) is 1. The molecular weight excluding hydrogens is 260 g/mol. The van der Waals surface area contributed by atoms with Crippen molar-refractivity contribution in [2.45, 2.75) is 33.1 Å². The molecule has 1 saturated heterocycles. The molecule has 1 aromatic rings. The number of hydrogen-bond acceptors (Lipinski definition) is 3. The third-order valence-electron chi connectivity index (χ3n) is 4.58. The standard InChI is InChI=1S/C18H30N2O/c1-4-11-19-14-18(9-12-21-13-10-18)15-20(3)17-8-6-5-7-16(17)2/h5-8,19H,4,9-15H2,1-3H3. The molecule has 2 rings (SSSR count). The van der Waals surface area contributed by atoms with Gasteiger partial charge in [0.15, 0.2) is 0 Å². The van der Waals surface area contributed by atoms with Crippen LogP contribution < -0.4 is 10.2 Å². The van der Waals surface area contributed by atoms with Crippen LogP contribution >= 0.6 is 0 Å². The summed E-state index contributed by atoms with van der Waals surface area (Å²) in [6.07, 6.45) is 3.50. The van der Waals surface area contributed by atoms with Crippen molar-refractivity contribution < 1.29 is 4.74 Å². The third-order valence-corrected chi connectivity index (χ3v) is 4.58. The van der Waals surface area contributed by atoms with E-state index < -0.39 is 0 Å². The van der Waals surface area contributed by atoms with Gasteiger partial charge in [-0.3, -0.25) is 0 Å². The number of para-hydroxylation sites is 1. The molecule has 1 fully saturated rings. The Morgan fingerprint density at radius 2 is 1.95 bits per heavy atom. The van der Waals surface area contributed by atoms with Crippen molar-refractivity contribution in [3.05, 3.63) is 29.8 Å². The lowest BCUT2D eigenvalue weighted by Crippen LogP contribution is -2.46. The Bertz CT molecular complexity index is 427. The number of rotatable bonds is 7. The van der Waals surface area contributed by atoms with E-state index in [0.717, 1.165) is 45.7 Å². The molecule has 1 aromatic carbocycles. The maximum Gasteiger partial charge on any atom is 0.0472 e. The van der Waals surface area contributed by atoms with E-state index in [1.54, 1.807) is 0 Å². The minimum Gasteiger partial charge on any atom is -0.381 e. The molecule has 0 amide bonds. The zero-order chi connectivity index (χ0) is 15.1. The summed E-state index contributed by atoms with van der Waals surface area (Å²) in [6.45, 7) is 9.51. The molecule has 3 heteroatoms. The molecule has 1 heterocycles. The second kappa shape index (κ2) is 7.81. The highest BCUT2D eigenvalue weighted by Gasteiger charge is 2.33. The molecule has 3 nitrogen and oxygen atoms in total. The van der Waals surface area contributed by atoms with Crippen LogP contribution in [0.5, 0.6) is 0 Å². The minimum absolute atomic E-state index is 0.338. The average Bonchev–Trinajstić information content (AvgIpc) is 2.49.